The summed E-state index contributed by atoms with van der Waals surface area (Å²) >= 11 is 5.76. The SMILES string of the molecule is CCS(=O)(=O)c1cc(-c2ccc(C(F)(F)F)c(Cl)c2)cnc1-n1nc2cc(C(F)(F)F)ccn2c1=O. The maximum atomic E-state index is 13.1. The van der Waals surface area contributed by atoms with Gasteiger partial charge in [-0.3, -0.25) is 0 Å². The molecule has 0 aliphatic heterocycles. The van der Waals surface area contributed by atoms with Crippen LogP contribution in [0.4, 0.5) is 26.3 Å². The summed E-state index contributed by atoms with van der Waals surface area (Å²) in [6.07, 6.45) is -7.48. The van der Waals surface area contributed by atoms with Crippen molar-refractivity contribution in [2.24, 2.45) is 0 Å². The van der Waals surface area contributed by atoms with E-state index in [9.17, 15) is 39.6 Å². The Labute approximate surface area is 203 Å². The maximum absolute atomic E-state index is 13.1. The standard InChI is InChI=1S/C21H13ClF6N4O3S/c1-2-36(34,35)16-8-12(11-3-4-14(15(22)7-11)21(26,27)28)10-29-18(16)32-19(33)31-6-5-13(20(23,24)25)9-17(31)30-32/h3-10H,2H2,1H3. The molecule has 0 bridgehead atoms. The van der Waals surface area contributed by atoms with Gasteiger partial charge in [0.15, 0.2) is 21.3 Å². The molecule has 3 aromatic heterocycles. The van der Waals surface area contributed by atoms with E-state index in [1.807, 2.05) is 0 Å². The van der Waals surface area contributed by atoms with Crippen molar-refractivity contribution in [3.63, 3.8) is 0 Å². The Kier molecular flexibility index (Phi) is 6.15. The Morgan fingerprint density at radius 2 is 1.67 bits per heavy atom. The Morgan fingerprint density at radius 3 is 2.25 bits per heavy atom. The number of pyridine rings is 2. The summed E-state index contributed by atoms with van der Waals surface area (Å²) in [5.41, 5.74) is -3.38. The van der Waals surface area contributed by atoms with E-state index in [-0.39, 0.29) is 11.1 Å². The van der Waals surface area contributed by atoms with Crippen molar-refractivity contribution < 1.29 is 34.8 Å². The van der Waals surface area contributed by atoms with Crippen molar-refractivity contribution in [2.45, 2.75) is 24.2 Å². The number of rotatable bonds is 4. The third-order valence-electron chi connectivity index (χ3n) is 5.21. The molecule has 0 unspecified atom stereocenters. The lowest BCUT2D eigenvalue weighted by Gasteiger charge is -2.12. The van der Waals surface area contributed by atoms with Gasteiger partial charge in [-0.1, -0.05) is 24.6 Å². The Morgan fingerprint density at radius 1 is 0.972 bits per heavy atom. The lowest BCUT2D eigenvalue weighted by molar-refractivity contribution is -0.138. The van der Waals surface area contributed by atoms with Crippen LogP contribution in [0.5, 0.6) is 0 Å². The molecule has 0 fully saturated rings. The predicted molar refractivity (Wildman–Crippen MR) is 117 cm³/mol. The number of hydrogen-bond donors (Lipinski definition) is 0. The third kappa shape index (κ3) is 4.57. The normalized spacial score (nSPS) is 12.9. The van der Waals surface area contributed by atoms with Gasteiger partial charge in [-0.25, -0.2) is 22.6 Å². The van der Waals surface area contributed by atoms with Crippen LogP contribution < -0.4 is 5.69 Å². The van der Waals surface area contributed by atoms with E-state index in [1.54, 1.807) is 0 Å². The summed E-state index contributed by atoms with van der Waals surface area (Å²) in [5, 5.41) is 3.19. The molecule has 1 aromatic carbocycles. The maximum Gasteiger partial charge on any atom is 0.417 e. The van der Waals surface area contributed by atoms with Gasteiger partial charge in [0.2, 0.25) is 0 Å². The topological polar surface area (TPSA) is 86.3 Å². The number of nitrogens with zero attached hydrogens (tertiary/aromatic N) is 4. The Bertz CT molecular complexity index is 1660. The van der Waals surface area contributed by atoms with Gasteiger partial charge in [0.25, 0.3) is 0 Å². The second-order valence-corrected chi connectivity index (χ2v) is 10.1. The highest BCUT2D eigenvalue weighted by molar-refractivity contribution is 7.91. The van der Waals surface area contributed by atoms with E-state index in [4.69, 9.17) is 11.6 Å². The minimum Gasteiger partial charge on any atom is -0.250 e. The molecule has 0 aliphatic rings. The number of halogens is 7. The molecule has 0 aliphatic carbocycles. The summed E-state index contributed by atoms with van der Waals surface area (Å²) in [6, 6.07) is 5.14. The first-order valence-electron chi connectivity index (χ1n) is 9.92. The molecule has 36 heavy (non-hydrogen) atoms. The molecule has 190 valence electrons. The number of aromatic nitrogens is 4. The van der Waals surface area contributed by atoms with Crippen molar-refractivity contribution in [1.82, 2.24) is 19.2 Å². The van der Waals surface area contributed by atoms with Gasteiger partial charge in [0.1, 0.15) is 4.90 Å². The van der Waals surface area contributed by atoms with E-state index >= 15 is 0 Å². The summed E-state index contributed by atoms with van der Waals surface area (Å²) in [7, 11) is -4.10. The molecule has 0 saturated carbocycles. The van der Waals surface area contributed by atoms with E-state index in [2.05, 4.69) is 10.1 Å². The zero-order chi connectivity index (χ0) is 26.6. The number of benzene rings is 1. The molecule has 0 atom stereocenters. The minimum absolute atomic E-state index is 0.0672. The molecule has 7 nitrogen and oxygen atoms in total. The number of hydrogen-bond acceptors (Lipinski definition) is 5. The first-order chi connectivity index (χ1) is 16.6. The molecule has 0 radical (unpaired) electrons. The Hall–Kier alpha value is -3.39. The molecule has 0 saturated heterocycles. The molecule has 15 heteroatoms. The van der Waals surface area contributed by atoms with Crippen molar-refractivity contribution >= 4 is 27.1 Å². The van der Waals surface area contributed by atoms with Crippen LogP contribution in [0.25, 0.3) is 22.6 Å². The number of fused-ring (bicyclic) bond motifs is 1. The third-order valence-corrected chi connectivity index (χ3v) is 7.25. The average Bonchev–Trinajstić information content (AvgIpc) is 3.13. The summed E-state index contributed by atoms with van der Waals surface area (Å²) in [4.78, 5) is 16.3. The fourth-order valence-corrected chi connectivity index (χ4v) is 4.67. The average molecular weight is 551 g/mol. The summed E-state index contributed by atoms with van der Waals surface area (Å²) < 4.78 is 105. The van der Waals surface area contributed by atoms with Gasteiger partial charge >= 0.3 is 18.0 Å². The highest BCUT2D eigenvalue weighted by Gasteiger charge is 2.34. The van der Waals surface area contributed by atoms with Crippen LogP contribution in [0.15, 0.2) is 58.5 Å². The lowest BCUT2D eigenvalue weighted by Crippen LogP contribution is -2.23. The highest BCUT2D eigenvalue weighted by Crippen LogP contribution is 2.37. The van der Waals surface area contributed by atoms with Crippen molar-refractivity contribution in [1.29, 1.82) is 0 Å². The van der Waals surface area contributed by atoms with Crippen LogP contribution in [0.2, 0.25) is 5.02 Å². The highest BCUT2D eigenvalue weighted by atomic mass is 35.5. The van der Waals surface area contributed by atoms with Crippen molar-refractivity contribution in [3.8, 4) is 16.9 Å². The minimum atomic E-state index is -4.71. The van der Waals surface area contributed by atoms with Crippen LogP contribution in [0, 0.1) is 0 Å². The van der Waals surface area contributed by atoms with Crippen molar-refractivity contribution in [2.75, 3.05) is 5.75 Å². The first kappa shape index (κ1) is 25.7. The van der Waals surface area contributed by atoms with Crippen molar-refractivity contribution in [3.05, 3.63) is 75.4 Å². The fourth-order valence-electron chi connectivity index (χ4n) is 3.35. The number of alkyl halides is 6. The molecular weight excluding hydrogens is 538 g/mol. The Balaban J connectivity index is 1.92. The van der Waals surface area contributed by atoms with Gasteiger partial charge in [0, 0.05) is 18.0 Å². The van der Waals surface area contributed by atoms with E-state index in [0.717, 1.165) is 41.1 Å². The molecule has 0 amide bonds. The largest absolute Gasteiger partial charge is 0.417 e. The van der Waals surface area contributed by atoms with Crippen LogP contribution in [0.1, 0.15) is 18.1 Å². The molecule has 0 spiro atoms. The van der Waals surface area contributed by atoms with Crippen LogP contribution in [-0.2, 0) is 22.2 Å². The quantitative estimate of drug-likeness (QED) is 0.333. The van der Waals surface area contributed by atoms with E-state index in [1.165, 1.54) is 6.92 Å². The molecule has 4 aromatic rings. The van der Waals surface area contributed by atoms with Crippen LogP contribution >= 0.6 is 11.6 Å². The van der Waals surface area contributed by atoms with E-state index in [0.29, 0.717) is 16.8 Å². The lowest BCUT2D eigenvalue weighted by atomic mass is 10.1. The van der Waals surface area contributed by atoms with Gasteiger partial charge in [-0.2, -0.15) is 31.0 Å². The summed E-state index contributed by atoms with van der Waals surface area (Å²) in [6.45, 7) is 1.31. The van der Waals surface area contributed by atoms with Gasteiger partial charge < -0.3 is 0 Å². The van der Waals surface area contributed by atoms with E-state index < -0.39 is 66.1 Å². The molecule has 3 heterocycles. The number of sulfone groups is 1. The predicted octanol–water partition coefficient (Wildman–Crippen LogP) is 5.03. The monoisotopic (exact) mass is 550 g/mol. The molecule has 4 rings (SSSR count). The second-order valence-electron chi connectivity index (χ2n) is 7.48. The van der Waals surface area contributed by atoms with Gasteiger partial charge in [-0.15, -0.1) is 5.10 Å². The first-order valence-corrected chi connectivity index (χ1v) is 12.0. The zero-order valence-corrected chi connectivity index (χ0v) is 19.5. The second kappa shape index (κ2) is 8.62. The zero-order valence-electron chi connectivity index (χ0n) is 17.9. The smallest absolute Gasteiger partial charge is 0.250 e. The molecule has 0 N–H and O–H groups in total. The fraction of sp³-hybridized carbons (Fsp3) is 0.190. The van der Waals surface area contributed by atoms with Crippen LogP contribution in [0.3, 0.4) is 0 Å². The van der Waals surface area contributed by atoms with Crippen LogP contribution in [-0.4, -0.2) is 33.3 Å². The molecular formula is C21H13ClF6N4O3S. The van der Waals surface area contributed by atoms with Gasteiger partial charge in [-0.05, 0) is 35.9 Å². The van der Waals surface area contributed by atoms with Gasteiger partial charge in [0.05, 0.1) is 21.9 Å². The summed E-state index contributed by atoms with van der Waals surface area (Å²) in [5.74, 6) is -0.931.